The molecular weight excluding hydrogens is 220 g/mol. The summed E-state index contributed by atoms with van der Waals surface area (Å²) in [5, 5.41) is 8.83. The molecule has 1 unspecified atom stereocenters. The lowest BCUT2D eigenvalue weighted by Gasteiger charge is -2.36. The molecule has 0 spiro atoms. The summed E-state index contributed by atoms with van der Waals surface area (Å²) in [7, 11) is 3.87. The van der Waals surface area contributed by atoms with Crippen LogP contribution in [0, 0.1) is 11.8 Å². The molecule has 1 aliphatic heterocycles. The number of amides is 1. The lowest BCUT2D eigenvalue weighted by molar-refractivity contribution is -0.142. The SMILES string of the molecule is CN1CCCC(N(C)C(=O)[C@@H]2C[C@@H]2C(=O)O)C1. The van der Waals surface area contributed by atoms with Crippen molar-refractivity contribution in [2.45, 2.75) is 25.3 Å². The van der Waals surface area contributed by atoms with E-state index < -0.39 is 11.9 Å². The maximum atomic E-state index is 12.1. The molecule has 2 fully saturated rings. The number of carbonyl (C=O) groups excluding carboxylic acids is 1. The third kappa shape index (κ3) is 2.60. The number of rotatable bonds is 3. The average molecular weight is 240 g/mol. The third-order valence-corrected chi connectivity index (χ3v) is 3.92. The van der Waals surface area contributed by atoms with Gasteiger partial charge in [0.05, 0.1) is 11.8 Å². The van der Waals surface area contributed by atoms with Crippen LogP contribution < -0.4 is 0 Å². The van der Waals surface area contributed by atoms with Crippen LogP contribution in [0.2, 0.25) is 0 Å². The zero-order valence-electron chi connectivity index (χ0n) is 10.4. The minimum absolute atomic E-state index is 0.0118. The van der Waals surface area contributed by atoms with E-state index in [0.717, 1.165) is 25.9 Å². The third-order valence-electron chi connectivity index (χ3n) is 3.92. The maximum absolute atomic E-state index is 12.1. The smallest absolute Gasteiger partial charge is 0.307 e. The summed E-state index contributed by atoms with van der Waals surface area (Å²) >= 11 is 0. The molecule has 1 heterocycles. The molecule has 17 heavy (non-hydrogen) atoms. The molecular formula is C12H20N2O3. The Bertz CT molecular complexity index is 332. The molecule has 3 atom stereocenters. The molecule has 5 nitrogen and oxygen atoms in total. The number of likely N-dealkylation sites (N-methyl/N-ethyl adjacent to an activating group) is 2. The molecule has 1 amide bonds. The Morgan fingerprint density at radius 3 is 2.59 bits per heavy atom. The standard InChI is InChI=1S/C12H20N2O3/c1-13-5-3-4-8(7-13)14(2)11(15)9-6-10(9)12(16)17/h8-10H,3-7H2,1-2H3,(H,16,17)/t8?,9-,10+/m1/s1. The van der Waals surface area contributed by atoms with Gasteiger partial charge in [0.1, 0.15) is 0 Å². The van der Waals surface area contributed by atoms with Crippen molar-refractivity contribution in [2.75, 3.05) is 27.2 Å². The van der Waals surface area contributed by atoms with Crippen molar-refractivity contribution in [3.8, 4) is 0 Å². The zero-order chi connectivity index (χ0) is 12.6. The number of hydrogen-bond donors (Lipinski definition) is 1. The predicted molar refractivity (Wildman–Crippen MR) is 62.5 cm³/mol. The number of carbonyl (C=O) groups is 2. The quantitative estimate of drug-likeness (QED) is 0.768. The van der Waals surface area contributed by atoms with Crippen LogP contribution in [0.4, 0.5) is 0 Å². The first-order valence-corrected chi connectivity index (χ1v) is 6.18. The Kier molecular flexibility index (Phi) is 3.38. The molecule has 2 rings (SSSR count). The average Bonchev–Trinajstić information content (AvgIpc) is 3.07. The van der Waals surface area contributed by atoms with Gasteiger partial charge in [0.25, 0.3) is 0 Å². The highest BCUT2D eigenvalue weighted by Gasteiger charge is 2.50. The molecule has 1 aliphatic carbocycles. The van der Waals surface area contributed by atoms with Crippen molar-refractivity contribution in [3.05, 3.63) is 0 Å². The van der Waals surface area contributed by atoms with Gasteiger partial charge in [-0.3, -0.25) is 9.59 Å². The van der Waals surface area contributed by atoms with E-state index in [2.05, 4.69) is 11.9 Å². The second kappa shape index (κ2) is 4.64. The Morgan fingerprint density at radius 2 is 2.06 bits per heavy atom. The topological polar surface area (TPSA) is 60.9 Å². The van der Waals surface area contributed by atoms with Gasteiger partial charge in [0, 0.05) is 19.6 Å². The fourth-order valence-electron chi connectivity index (χ4n) is 2.64. The van der Waals surface area contributed by atoms with Crippen molar-refractivity contribution in [1.29, 1.82) is 0 Å². The van der Waals surface area contributed by atoms with Gasteiger partial charge >= 0.3 is 5.97 Å². The second-order valence-corrected chi connectivity index (χ2v) is 5.29. The molecule has 0 radical (unpaired) electrons. The van der Waals surface area contributed by atoms with E-state index in [1.54, 1.807) is 4.90 Å². The number of nitrogens with zero attached hydrogens (tertiary/aromatic N) is 2. The number of hydrogen-bond acceptors (Lipinski definition) is 3. The van der Waals surface area contributed by atoms with E-state index in [-0.39, 0.29) is 17.9 Å². The van der Waals surface area contributed by atoms with E-state index in [9.17, 15) is 9.59 Å². The molecule has 2 aliphatic rings. The Balaban J connectivity index is 1.89. The molecule has 1 saturated carbocycles. The molecule has 0 aromatic rings. The molecule has 0 aromatic heterocycles. The van der Waals surface area contributed by atoms with Crippen LogP contribution in [0.15, 0.2) is 0 Å². The summed E-state index contributed by atoms with van der Waals surface area (Å²) in [5.74, 6) is -1.54. The maximum Gasteiger partial charge on any atom is 0.307 e. The zero-order valence-corrected chi connectivity index (χ0v) is 10.4. The number of aliphatic carboxylic acids is 1. The van der Waals surface area contributed by atoms with Gasteiger partial charge in [-0.05, 0) is 32.9 Å². The minimum Gasteiger partial charge on any atom is -0.481 e. The van der Waals surface area contributed by atoms with Gasteiger partial charge in [-0.15, -0.1) is 0 Å². The van der Waals surface area contributed by atoms with Crippen LogP contribution in [0.3, 0.4) is 0 Å². The first-order valence-electron chi connectivity index (χ1n) is 6.18. The van der Waals surface area contributed by atoms with Gasteiger partial charge < -0.3 is 14.9 Å². The molecule has 1 saturated heterocycles. The minimum atomic E-state index is -0.836. The number of piperidine rings is 1. The highest BCUT2D eigenvalue weighted by molar-refractivity contribution is 5.89. The van der Waals surface area contributed by atoms with Gasteiger partial charge in [0.2, 0.25) is 5.91 Å². The van der Waals surface area contributed by atoms with Crippen molar-refractivity contribution >= 4 is 11.9 Å². The number of carboxylic acid groups (broad SMARTS) is 1. The lowest BCUT2D eigenvalue weighted by Crippen LogP contribution is -2.48. The number of carboxylic acids is 1. The van der Waals surface area contributed by atoms with Crippen LogP contribution in [0.5, 0.6) is 0 Å². The van der Waals surface area contributed by atoms with Crippen LogP contribution in [0.25, 0.3) is 0 Å². The van der Waals surface area contributed by atoms with Crippen molar-refractivity contribution < 1.29 is 14.7 Å². The highest BCUT2D eigenvalue weighted by Crippen LogP contribution is 2.40. The fourth-order valence-corrected chi connectivity index (χ4v) is 2.64. The van der Waals surface area contributed by atoms with E-state index in [0.29, 0.717) is 6.42 Å². The molecule has 5 heteroatoms. The fraction of sp³-hybridized carbons (Fsp3) is 0.833. The summed E-state index contributed by atoms with van der Waals surface area (Å²) in [4.78, 5) is 26.8. The Hall–Kier alpha value is -1.10. The molecule has 0 bridgehead atoms. The van der Waals surface area contributed by atoms with E-state index in [1.807, 2.05) is 7.05 Å². The van der Waals surface area contributed by atoms with E-state index in [1.165, 1.54) is 0 Å². The summed E-state index contributed by atoms with van der Waals surface area (Å²) in [5.41, 5.74) is 0. The van der Waals surface area contributed by atoms with Crippen LogP contribution in [-0.4, -0.2) is 60.0 Å². The van der Waals surface area contributed by atoms with Crippen molar-refractivity contribution in [1.82, 2.24) is 9.80 Å². The highest BCUT2D eigenvalue weighted by atomic mass is 16.4. The normalized spacial score (nSPS) is 33.2. The largest absolute Gasteiger partial charge is 0.481 e. The van der Waals surface area contributed by atoms with Gasteiger partial charge in [-0.1, -0.05) is 0 Å². The van der Waals surface area contributed by atoms with E-state index in [4.69, 9.17) is 5.11 Å². The van der Waals surface area contributed by atoms with Crippen LogP contribution in [-0.2, 0) is 9.59 Å². The van der Waals surface area contributed by atoms with Crippen molar-refractivity contribution in [3.63, 3.8) is 0 Å². The Morgan fingerprint density at radius 1 is 1.35 bits per heavy atom. The van der Waals surface area contributed by atoms with Crippen LogP contribution >= 0.6 is 0 Å². The first-order chi connectivity index (χ1) is 8.00. The number of likely N-dealkylation sites (tertiary alicyclic amines) is 1. The summed E-state index contributed by atoms with van der Waals surface area (Å²) in [6.45, 7) is 1.98. The van der Waals surface area contributed by atoms with Gasteiger partial charge in [0.15, 0.2) is 0 Å². The van der Waals surface area contributed by atoms with Crippen molar-refractivity contribution in [2.24, 2.45) is 11.8 Å². The first kappa shape index (κ1) is 12.4. The molecule has 96 valence electrons. The Labute approximate surface area is 101 Å². The molecule has 0 aromatic carbocycles. The summed E-state index contributed by atoms with van der Waals surface area (Å²) in [6, 6.07) is 0.247. The summed E-state index contributed by atoms with van der Waals surface area (Å²) < 4.78 is 0. The monoisotopic (exact) mass is 240 g/mol. The van der Waals surface area contributed by atoms with Crippen LogP contribution in [0.1, 0.15) is 19.3 Å². The predicted octanol–water partition coefficient (Wildman–Crippen LogP) is 0.260. The molecule has 1 N–H and O–H groups in total. The second-order valence-electron chi connectivity index (χ2n) is 5.29. The summed E-state index contributed by atoms with van der Waals surface area (Å²) in [6.07, 6.45) is 2.64. The van der Waals surface area contributed by atoms with E-state index >= 15 is 0 Å². The lowest BCUT2D eigenvalue weighted by atomic mass is 10.0. The van der Waals surface area contributed by atoms with Gasteiger partial charge in [-0.2, -0.15) is 0 Å². The van der Waals surface area contributed by atoms with Gasteiger partial charge in [-0.25, -0.2) is 0 Å².